The highest BCUT2D eigenvalue weighted by atomic mass is 35.5. The van der Waals surface area contributed by atoms with Gasteiger partial charge in [0.15, 0.2) is 5.79 Å². The molecule has 0 aliphatic carbocycles. The smallest absolute Gasteiger partial charge is 0.192 e. The number of ether oxygens (including phenoxy) is 2. The molecule has 0 N–H and O–H groups in total. The third-order valence-electron chi connectivity index (χ3n) is 3.94. The maximum Gasteiger partial charge on any atom is 0.192 e. The molecule has 0 saturated carbocycles. The highest BCUT2D eigenvalue weighted by molar-refractivity contribution is 6.30. The first-order chi connectivity index (χ1) is 9.09. The zero-order valence-electron chi connectivity index (χ0n) is 12.0. The molecule has 0 aromatic heterocycles. The number of rotatable bonds is 4. The van der Waals surface area contributed by atoms with Crippen LogP contribution in [0.3, 0.4) is 0 Å². The van der Waals surface area contributed by atoms with Crippen molar-refractivity contribution in [3.63, 3.8) is 0 Å². The Morgan fingerprint density at radius 3 is 2.53 bits per heavy atom. The van der Waals surface area contributed by atoms with Crippen molar-refractivity contribution >= 4 is 11.6 Å². The van der Waals surface area contributed by atoms with Gasteiger partial charge in [0.1, 0.15) is 0 Å². The van der Waals surface area contributed by atoms with Crippen LogP contribution in [0.5, 0.6) is 0 Å². The molecule has 0 radical (unpaired) electrons. The summed E-state index contributed by atoms with van der Waals surface area (Å²) in [7, 11) is 0. The monoisotopic (exact) mass is 282 g/mol. The maximum absolute atomic E-state index is 6.28. The van der Waals surface area contributed by atoms with Gasteiger partial charge >= 0.3 is 0 Å². The van der Waals surface area contributed by atoms with E-state index in [0.29, 0.717) is 5.92 Å². The number of benzene rings is 1. The average Bonchev–Trinajstić information content (AvgIpc) is 2.40. The molecule has 1 fully saturated rings. The van der Waals surface area contributed by atoms with E-state index in [4.69, 9.17) is 21.1 Å². The van der Waals surface area contributed by atoms with Crippen molar-refractivity contribution in [1.82, 2.24) is 0 Å². The minimum atomic E-state index is -0.643. The lowest BCUT2D eigenvalue weighted by atomic mass is 9.93. The molecule has 1 aromatic rings. The van der Waals surface area contributed by atoms with Crippen LogP contribution in [-0.4, -0.2) is 12.7 Å². The highest BCUT2D eigenvalue weighted by Gasteiger charge is 2.39. The quantitative estimate of drug-likeness (QED) is 0.793. The van der Waals surface area contributed by atoms with Crippen LogP contribution in [0.2, 0.25) is 5.02 Å². The Kier molecular flexibility index (Phi) is 4.88. The number of halogens is 1. The third-order valence-corrected chi connectivity index (χ3v) is 4.19. The van der Waals surface area contributed by atoms with E-state index < -0.39 is 5.79 Å². The molecular weight excluding hydrogens is 260 g/mol. The van der Waals surface area contributed by atoms with Crippen LogP contribution in [0, 0.1) is 5.92 Å². The van der Waals surface area contributed by atoms with Gasteiger partial charge in [-0.1, -0.05) is 44.0 Å². The largest absolute Gasteiger partial charge is 0.346 e. The lowest BCUT2D eigenvalue weighted by molar-refractivity contribution is -0.312. The fourth-order valence-corrected chi connectivity index (χ4v) is 2.78. The van der Waals surface area contributed by atoms with Gasteiger partial charge in [-0.05, 0) is 31.9 Å². The summed E-state index contributed by atoms with van der Waals surface area (Å²) < 4.78 is 12.3. The molecule has 3 unspecified atom stereocenters. The molecule has 2 rings (SSSR count). The predicted molar refractivity (Wildman–Crippen MR) is 78.3 cm³/mol. The molecule has 1 aliphatic heterocycles. The molecule has 19 heavy (non-hydrogen) atoms. The summed E-state index contributed by atoms with van der Waals surface area (Å²) in [6.45, 7) is 7.17. The molecule has 0 bridgehead atoms. The maximum atomic E-state index is 6.28. The van der Waals surface area contributed by atoms with E-state index >= 15 is 0 Å². The Bertz CT molecular complexity index is 404. The Morgan fingerprint density at radius 1 is 1.26 bits per heavy atom. The molecule has 2 nitrogen and oxygen atoms in total. The van der Waals surface area contributed by atoms with Crippen LogP contribution in [-0.2, 0) is 15.3 Å². The van der Waals surface area contributed by atoms with Gasteiger partial charge < -0.3 is 9.47 Å². The SMILES string of the molecule is CCCC1OC(C)(c2ccc(Cl)cc2)OCC1CC. The topological polar surface area (TPSA) is 18.5 Å². The molecule has 0 spiro atoms. The van der Waals surface area contributed by atoms with Crippen molar-refractivity contribution in [2.75, 3.05) is 6.61 Å². The van der Waals surface area contributed by atoms with Gasteiger partial charge in [-0.2, -0.15) is 0 Å². The standard InChI is InChI=1S/C16H23ClO2/c1-4-6-15-12(5-2)11-18-16(3,19-15)13-7-9-14(17)10-8-13/h7-10,12,15H,4-6,11H2,1-3H3. The second kappa shape index (κ2) is 6.25. The molecule has 0 amide bonds. The van der Waals surface area contributed by atoms with Gasteiger partial charge in [-0.15, -0.1) is 0 Å². The van der Waals surface area contributed by atoms with Crippen molar-refractivity contribution in [3.8, 4) is 0 Å². The zero-order chi connectivity index (χ0) is 13.9. The number of hydrogen-bond donors (Lipinski definition) is 0. The summed E-state index contributed by atoms with van der Waals surface area (Å²) in [6.07, 6.45) is 3.61. The minimum absolute atomic E-state index is 0.282. The first-order valence-electron chi connectivity index (χ1n) is 7.17. The van der Waals surface area contributed by atoms with Crippen LogP contribution in [0.1, 0.15) is 45.6 Å². The van der Waals surface area contributed by atoms with Crippen molar-refractivity contribution in [2.45, 2.75) is 51.9 Å². The highest BCUT2D eigenvalue weighted by Crippen LogP contribution is 2.37. The summed E-state index contributed by atoms with van der Waals surface area (Å²) in [5, 5.41) is 0.736. The molecule has 3 atom stereocenters. The lowest BCUT2D eigenvalue weighted by Gasteiger charge is -2.43. The minimum Gasteiger partial charge on any atom is -0.346 e. The van der Waals surface area contributed by atoms with Gasteiger partial charge in [-0.25, -0.2) is 0 Å². The first-order valence-corrected chi connectivity index (χ1v) is 7.54. The van der Waals surface area contributed by atoms with Crippen LogP contribution >= 0.6 is 11.6 Å². The molecule has 3 heteroatoms. The molecule has 1 aliphatic rings. The van der Waals surface area contributed by atoms with Crippen molar-refractivity contribution in [2.24, 2.45) is 5.92 Å². The lowest BCUT2D eigenvalue weighted by Crippen LogP contribution is -2.45. The summed E-state index contributed by atoms with van der Waals surface area (Å²) in [5.74, 6) is -0.142. The van der Waals surface area contributed by atoms with E-state index in [1.54, 1.807) is 0 Å². The van der Waals surface area contributed by atoms with E-state index in [1.165, 1.54) is 0 Å². The van der Waals surface area contributed by atoms with Crippen LogP contribution in [0.15, 0.2) is 24.3 Å². The van der Waals surface area contributed by atoms with E-state index in [9.17, 15) is 0 Å². The average molecular weight is 283 g/mol. The Balaban J connectivity index is 2.17. The Hall–Kier alpha value is -0.570. The zero-order valence-corrected chi connectivity index (χ0v) is 12.7. The second-order valence-corrected chi connectivity index (χ2v) is 5.81. The van der Waals surface area contributed by atoms with Crippen molar-refractivity contribution in [1.29, 1.82) is 0 Å². The Labute approximate surface area is 121 Å². The van der Waals surface area contributed by atoms with Gasteiger partial charge in [0.05, 0.1) is 12.7 Å². The summed E-state index contributed by atoms with van der Waals surface area (Å²) >= 11 is 5.94. The fourth-order valence-electron chi connectivity index (χ4n) is 2.66. The second-order valence-electron chi connectivity index (χ2n) is 5.38. The molecule has 106 valence electrons. The van der Waals surface area contributed by atoms with Gasteiger partial charge in [0, 0.05) is 16.5 Å². The number of hydrogen-bond acceptors (Lipinski definition) is 2. The molecular formula is C16H23ClO2. The predicted octanol–water partition coefficient (Wildman–Crippen LogP) is 4.75. The van der Waals surface area contributed by atoms with Crippen LogP contribution in [0.25, 0.3) is 0 Å². The fraction of sp³-hybridized carbons (Fsp3) is 0.625. The molecule has 1 aromatic carbocycles. The third kappa shape index (κ3) is 3.31. The van der Waals surface area contributed by atoms with E-state index in [2.05, 4.69) is 13.8 Å². The first kappa shape index (κ1) is 14.8. The Morgan fingerprint density at radius 2 is 1.95 bits per heavy atom. The van der Waals surface area contributed by atoms with E-state index in [0.717, 1.165) is 36.5 Å². The van der Waals surface area contributed by atoms with Crippen molar-refractivity contribution < 1.29 is 9.47 Å². The summed E-state index contributed by atoms with van der Waals surface area (Å²) in [6, 6.07) is 7.74. The molecule has 1 heterocycles. The van der Waals surface area contributed by atoms with Gasteiger partial charge in [0.25, 0.3) is 0 Å². The van der Waals surface area contributed by atoms with Crippen LogP contribution in [0.4, 0.5) is 0 Å². The normalized spacial score (nSPS) is 31.4. The van der Waals surface area contributed by atoms with E-state index in [-0.39, 0.29) is 6.10 Å². The van der Waals surface area contributed by atoms with Gasteiger partial charge in [0.2, 0.25) is 0 Å². The van der Waals surface area contributed by atoms with Gasteiger partial charge in [-0.3, -0.25) is 0 Å². The molecule has 1 saturated heterocycles. The van der Waals surface area contributed by atoms with Crippen molar-refractivity contribution in [3.05, 3.63) is 34.9 Å². The summed E-state index contributed by atoms with van der Waals surface area (Å²) in [5.41, 5.74) is 1.03. The van der Waals surface area contributed by atoms with Crippen LogP contribution < -0.4 is 0 Å². The van der Waals surface area contributed by atoms with E-state index in [1.807, 2.05) is 31.2 Å². The summed E-state index contributed by atoms with van der Waals surface area (Å²) in [4.78, 5) is 0.